The summed E-state index contributed by atoms with van der Waals surface area (Å²) in [7, 11) is 0. The molecule has 0 N–H and O–H groups in total. The fourth-order valence-electron chi connectivity index (χ4n) is 3.20. The third kappa shape index (κ3) is 2.40. The number of hydrogen-bond donors (Lipinski definition) is 0. The second-order valence-electron chi connectivity index (χ2n) is 6.74. The van der Waals surface area contributed by atoms with Crippen LogP contribution in [0.15, 0.2) is 30.7 Å². The van der Waals surface area contributed by atoms with Crippen LogP contribution in [-0.4, -0.2) is 19.4 Å². The molecular formula is C19H19FN4. The number of fused-ring (bicyclic) bond motifs is 2. The van der Waals surface area contributed by atoms with Crippen molar-refractivity contribution in [3.05, 3.63) is 64.9 Å². The largest absolute Gasteiger partial charge is 0.301 e. The zero-order valence-corrected chi connectivity index (χ0v) is 14.0. The second kappa shape index (κ2) is 5.51. The van der Waals surface area contributed by atoms with Crippen LogP contribution in [-0.2, 0) is 12.8 Å². The normalized spacial score (nSPS) is 13.6. The molecule has 4 nitrogen and oxygen atoms in total. The summed E-state index contributed by atoms with van der Waals surface area (Å²) in [6.07, 6.45) is 9.23. The monoisotopic (exact) mass is 322 g/mol. The topological polar surface area (TPSA) is 43.1 Å². The number of aryl methyl sites for hydroxylation is 1. The smallest absolute Gasteiger partial charge is 0.173 e. The van der Waals surface area contributed by atoms with Crippen LogP contribution in [0.3, 0.4) is 0 Å². The summed E-state index contributed by atoms with van der Waals surface area (Å²) in [5.41, 5.74) is 5.12. The molecule has 0 saturated carbocycles. The quantitative estimate of drug-likeness (QED) is 0.737. The molecule has 3 aromatic heterocycles. The number of nitrogens with zero attached hydrogens (tertiary/aromatic N) is 4. The highest BCUT2D eigenvalue weighted by atomic mass is 19.1. The van der Waals surface area contributed by atoms with Gasteiger partial charge in [-0.1, -0.05) is 19.9 Å². The summed E-state index contributed by atoms with van der Waals surface area (Å²) >= 11 is 0. The van der Waals surface area contributed by atoms with Crippen LogP contribution in [0.25, 0.3) is 11.2 Å². The molecule has 1 aliphatic carbocycles. The lowest BCUT2D eigenvalue weighted by atomic mass is 10.0. The molecule has 122 valence electrons. The van der Waals surface area contributed by atoms with E-state index in [1.54, 1.807) is 16.7 Å². The highest BCUT2D eigenvalue weighted by molar-refractivity contribution is 5.83. The molecule has 0 atom stereocenters. The van der Waals surface area contributed by atoms with E-state index < -0.39 is 0 Å². The maximum atomic E-state index is 14.4. The van der Waals surface area contributed by atoms with E-state index in [-0.39, 0.29) is 5.82 Å². The Labute approximate surface area is 140 Å². The maximum absolute atomic E-state index is 14.4. The van der Waals surface area contributed by atoms with Gasteiger partial charge in [-0.2, -0.15) is 0 Å². The Morgan fingerprint density at radius 1 is 1.25 bits per heavy atom. The minimum absolute atomic E-state index is 0.313. The summed E-state index contributed by atoms with van der Waals surface area (Å²) in [6.45, 7) is 6.24. The van der Waals surface area contributed by atoms with Gasteiger partial charge in [-0.25, -0.2) is 19.3 Å². The summed E-state index contributed by atoms with van der Waals surface area (Å²) in [5, 5.41) is 0. The van der Waals surface area contributed by atoms with Crippen molar-refractivity contribution in [2.24, 2.45) is 5.92 Å². The Morgan fingerprint density at radius 3 is 2.88 bits per heavy atom. The van der Waals surface area contributed by atoms with Gasteiger partial charge in [0.05, 0.1) is 5.69 Å². The number of allylic oxidation sites excluding steroid dienone is 1. The lowest BCUT2D eigenvalue weighted by Gasteiger charge is -2.09. The van der Waals surface area contributed by atoms with E-state index in [1.165, 1.54) is 0 Å². The van der Waals surface area contributed by atoms with Gasteiger partial charge in [0.1, 0.15) is 5.82 Å². The van der Waals surface area contributed by atoms with Gasteiger partial charge in [0.25, 0.3) is 0 Å². The fraction of sp³-hybridized carbons (Fsp3) is 0.316. The Bertz CT molecular complexity index is 969. The van der Waals surface area contributed by atoms with Gasteiger partial charge in [0, 0.05) is 48.3 Å². The maximum Gasteiger partial charge on any atom is 0.173 e. The van der Waals surface area contributed by atoms with Crippen molar-refractivity contribution in [2.45, 2.75) is 33.6 Å². The molecule has 3 heterocycles. The molecule has 0 fully saturated rings. The predicted octanol–water partition coefficient (Wildman–Crippen LogP) is 3.76. The number of rotatable bonds is 3. The van der Waals surface area contributed by atoms with E-state index >= 15 is 0 Å². The molecule has 4 rings (SSSR count). The Balaban J connectivity index is 1.76. The molecular weight excluding hydrogens is 303 g/mol. The molecule has 3 aromatic rings. The average molecular weight is 322 g/mol. The molecule has 0 spiro atoms. The van der Waals surface area contributed by atoms with Crippen LogP contribution in [0.5, 0.6) is 0 Å². The van der Waals surface area contributed by atoms with Crippen molar-refractivity contribution in [2.75, 3.05) is 0 Å². The second-order valence-corrected chi connectivity index (χ2v) is 6.74. The van der Waals surface area contributed by atoms with Crippen LogP contribution in [0, 0.1) is 18.7 Å². The van der Waals surface area contributed by atoms with Crippen LogP contribution >= 0.6 is 0 Å². The lowest BCUT2D eigenvalue weighted by Crippen LogP contribution is -2.04. The van der Waals surface area contributed by atoms with E-state index in [4.69, 9.17) is 0 Å². The van der Waals surface area contributed by atoms with Gasteiger partial charge in [0.15, 0.2) is 11.5 Å². The molecule has 0 radical (unpaired) electrons. The first-order valence-corrected chi connectivity index (χ1v) is 8.22. The zero-order chi connectivity index (χ0) is 16.8. The number of imidazole rings is 1. The zero-order valence-electron chi connectivity index (χ0n) is 14.0. The SMILES string of the molecule is Cc1cnc2c(F)cc(C3=CCc4nc(CC(C)C)ncc43)cn12. The Hall–Kier alpha value is -2.56. The van der Waals surface area contributed by atoms with Gasteiger partial charge in [-0.15, -0.1) is 0 Å². The van der Waals surface area contributed by atoms with Crippen molar-refractivity contribution in [1.29, 1.82) is 0 Å². The predicted molar refractivity (Wildman–Crippen MR) is 91.2 cm³/mol. The van der Waals surface area contributed by atoms with E-state index in [2.05, 4.69) is 34.9 Å². The number of halogens is 1. The summed E-state index contributed by atoms with van der Waals surface area (Å²) in [4.78, 5) is 13.3. The third-order valence-electron chi connectivity index (χ3n) is 4.35. The fourth-order valence-corrected chi connectivity index (χ4v) is 3.20. The summed E-state index contributed by atoms with van der Waals surface area (Å²) in [5.74, 6) is 1.09. The highest BCUT2D eigenvalue weighted by Gasteiger charge is 2.20. The van der Waals surface area contributed by atoms with E-state index in [0.29, 0.717) is 11.6 Å². The van der Waals surface area contributed by atoms with Gasteiger partial charge in [-0.3, -0.25) is 0 Å². The van der Waals surface area contributed by atoms with Crippen molar-refractivity contribution in [3.8, 4) is 0 Å². The Kier molecular flexibility index (Phi) is 3.44. The van der Waals surface area contributed by atoms with Gasteiger partial charge in [-0.05, 0) is 24.5 Å². The molecule has 5 heteroatoms. The van der Waals surface area contributed by atoms with Crippen LogP contribution in [0.4, 0.5) is 4.39 Å². The van der Waals surface area contributed by atoms with Gasteiger partial charge < -0.3 is 4.40 Å². The summed E-state index contributed by atoms with van der Waals surface area (Å²) < 4.78 is 16.1. The number of hydrogen-bond acceptors (Lipinski definition) is 3. The molecule has 1 aliphatic rings. The van der Waals surface area contributed by atoms with E-state index in [9.17, 15) is 4.39 Å². The van der Waals surface area contributed by atoms with Crippen molar-refractivity contribution in [1.82, 2.24) is 19.4 Å². The first-order valence-electron chi connectivity index (χ1n) is 8.22. The standard InChI is InChI=1S/C19H19FN4/c1-11(2)6-18-21-9-15-14(4-5-17(15)23-18)13-7-16(20)19-22-8-12(3)24(19)10-13/h4,7-11H,5-6H2,1-3H3. The highest BCUT2D eigenvalue weighted by Crippen LogP contribution is 2.32. The van der Waals surface area contributed by atoms with Crippen LogP contribution in [0.2, 0.25) is 0 Å². The molecule has 0 unspecified atom stereocenters. The lowest BCUT2D eigenvalue weighted by molar-refractivity contribution is 0.618. The summed E-state index contributed by atoms with van der Waals surface area (Å²) in [6, 6.07) is 1.55. The van der Waals surface area contributed by atoms with Crippen molar-refractivity contribution in [3.63, 3.8) is 0 Å². The van der Waals surface area contributed by atoms with E-state index in [0.717, 1.165) is 46.8 Å². The van der Waals surface area contributed by atoms with Crippen molar-refractivity contribution < 1.29 is 4.39 Å². The molecule has 0 aliphatic heterocycles. The first kappa shape index (κ1) is 15.0. The van der Waals surface area contributed by atoms with Crippen LogP contribution < -0.4 is 0 Å². The molecule has 0 amide bonds. The van der Waals surface area contributed by atoms with E-state index in [1.807, 2.05) is 19.3 Å². The van der Waals surface area contributed by atoms with Gasteiger partial charge >= 0.3 is 0 Å². The Morgan fingerprint density at radius 2 is 2.08 bits per heavy atom. The van der Waals surface area contributed by atoms with Gasteiger partial charge in [0.2, 0.25) is 0 Å². The molecule has 0 bridgehead atoms. The molecule has 0 saturated heterocycles. The minimum Gasteiger partial charge on any atom is -0.301 e. The number of aromatic nitrogens is 4. The molecule has 0 aromatic carbocycles. The number of pyridine rings is 1. The molecule has 24 heavy (non-hydrogen) atoms. The van der Waals surface area contributed by atoms with Crippen molar-refractivity contribution >= 4 is 11.2 Å². The minimum atomic E-state index is -0.313. The average Bonchev–Trinajstić information content (AvgIpc) is 3.11. The van der Waals surface area contributed by atoms with Crippen LogP contribution in [0.1, 0.15) is 42.2 Å². The third-order valence-corrected chi connectivity index (χ3v) is 4.35. The first-order chi connectivity index (χ1) is 11.5.